The largest absolute Gasteiger partial charge is 0.362 e. The molecular formula is C27H35N3O3. The number of hydrogen-bond donors (Lipinski definition) is 1. The highest BCUT2D eigenvalue weighted by Gasteiger charge is 2.28. The number of amides is 2. The van der Waals surface area contributed by atoms with Gasteiger partial charge >= 0.3 is 0 Å². The SMILES string of the molecule is O=C(COCC(=O)N1CCN(C(c2ccccc2)c2ccccc2)CC1)NC1CCCCC1. The van der Waals surface area contributed by atoms with Crippen molar-refractivity contribution in [1.82, 2.24) is 15.1 Å². The van der Waals surface area contributed by atoms with Crippen LogP contribution in [0.1, 0.15) is 49.3 Å². The third-order valence-electron chi connectivity index (χ3n) is 6.69. The number of hydrogen-bond acceptors (Lipinski definition) is 4. The first-order chi connectivity index (χ1) is 16.2. The molecule has 0 atom stereocenters. The second-order valence-corrected chi connectivity index (χ2v) is 9.04. The normalized spacial score (nSPS) is 17.8. The van der Waals surface area contributed by atoms with Gasteiger partial charge in [0.05, 0.1) is 6.04 Å². The van der Waals surface area contributed by atoms with E-state index in [4.69, 9.17) is 4.74 Å². The molecule has 1 aliphatic heterocycles. The van der Waals surface area contributed by atoms with Crippen LogP contribution in [0.25, 0.3) is 0 Å². The lowest BCUT2D eigenvalue weighted by Gasteiger charge is -2.39. The van der Waals surface area contributed by atoms with Crippen LogP contribution in [0.5, 0.6) is 0 Å². The zero-order valence-electron chi connectivity index (χ0n) is 19.3. The zero-order chi connectivity index (χ0) is 22.9. The van der Waals surface area contributed by atoms with Gasteiger partial charge in [-0.25, -0.2) is 0 Å². The lowest BCUT2D eigenvalue weighted by molar-refractivity contribution is -0.140. The number of nitrogens with zero attached hydrogens (tertiary/aromatic N) is 2. The molecule has 2 aliphatic rings. The van der Waals surface area contributed by atoms with Crippen LogP contribution in [0.4, 0.5) is 0 Å². The summed E-state index contributed by atoms with van der Waals surface area (Å²) < 4.78 is 5.45. The van der Waals surface area contributed by atoms with Gasteiger partial charge in [-0.3, -0.25) is 14.5 Å². The highest BCUT2D eigenvalue weighted by Crippen LogP contribution is 2.29. The standard InChI is InChI=1S/C27H35N3O3/c31-25(28-24-14-8-3-9-15-24)20-33-21-26(32)29-16-18-30(19-17-29)27(22-10-4-1-5-11-22)23-12-6-2-7-13-23/h1-2,4-7,10-13,24,27H,3,8-9,14-21H2,(H,28,31). The number of rotatable bonds is 8. The van der Waals surface area contributed by atoms with Gasteiger partial charge in [-0.05, 0) is 24.0 Å². The van der Waals surface area contributed by atoms with Crippen LogP contribution in [-0.4, -0.2) is 67.0 Å². The highest BCUT2D eigenvalue weighted by atomic mass is 16.5. The van der Waals surface area contributed by atoms with Crippen LogP contribution in [0.3, 0.4) is 0 Å². The van der Waals surface area contributed by atoms with Gasteiger partial charge < -0.3 is 15.0 Å². The summed E-state index contributed by atoms with van der Waals surface area (Å²) in [5, 5.41) is 3.03. The summed E-state index contributed by atoms with van der Waals surface area (Å²) >= 11 is 0. The molecule has 0 aromatic heterocycles. The first-order valence-electron chi connectivity index (χ1n) is 12.2. The van der Waals surface area contributed by atoms with Gasteiger partial charge in [0.2, 0.25) is 11.8 Å². The van der Waals surface area contributed by atoms with Crippen LogP contribution in [0.15, 0.2) is 60.7 Å². The fourth-order valence-electron chi connectivity index (χ4n) is 4.95. The van der Waals surface area contributed by atoms with Crippen molar-refractivity contribution in [2.24, 2.45) is 0 Å². The lowest BCUT2D eigenvalue weighted by Crippen LogP contribution is -2.50. The molecule has 0 bridgehead atoms. The summed E-state index contributed by atoms with van der Waals surface area (Å²) in [5.41, 5.74) is 2.52. The average molecular weight is 450 g/mol. The summed E-state index contributed by atoms with van der Waals surface area (Å²) in [4.78, 5) is 29.0. The maximum atomic E-state index is 12.6. The van der Waals surface area contributed by atoms with Crippen molar-refractivity contribution >= 4 is 11.8 Å². The van der Waals surface area contributed by atoms with E-state index in [0.717, 1.165) is 25.9 Å². The molecule has 176 valence electrons. The van der Waals surface area contributed by atoms with Gasteiger partial charge in [0.1, 0.15) is 13.2 Å². The van der Waals surface area contributed by atoms with E-state index in [9.17, 15) is 9.59 Å². The predicted octanol–water partition coefficient (Wildman–Crippen LogP) is 3.39. The third-order valence-corrected chi connectivity index (χ3v) is 6.69. The molecule has 2 amide bonds. The Morgan fingerprint density at radius 1 is 0.818 bits per heavy atom. The van der Waals surface area contributed by atoms with E-state index in [0.29, 0.717) is 13.1 Å². The van der Waals surface area contributed by atoms with Crippen LogP contribution in [-0.2, 0) is 14.3 Å². The summed E-state index contributed by atoms with van der Waals surface area (Å²) in [6.07, 6.45) is 5.68. The number of benzene rings is 2. The molecule has 2 fully saturated rings. The Balaban J connectivity index is 1.25. The Kier molecular flexibility index (Phi) is 8.50. The number of ether oxygens (including phenoxy) is 1. The number of carbonyl (C=O) groups excluding carboxylic acids is 2. The Labute approximate surface area is 196 Å². The number of carbonyl (C=O) groups is 2. The minimum atomic E-state index is -0.118. The third kappa shape index (κ3) is 6.65. The van der Waals surface area contributed by atoms with Gasteiger partial charge in [-0.15, -0.1) is 0 Å². The molecule has 0 spiro atoms. The van der Waals surface area contributed by atoms with Gasteiger partial charge in [-0.2, -0.15) is 0 Å². The van der Waals surface area contributed by atoms with E-state index < -0.39 is 0 Å². The lowest BCUT2D eigenvalue weighted by atomic mass is 9.95. The molecule has 1 saturated carbocycles. The molecule has 1 N–H and O–H groups in total. The van der Waals surface area contributed by atoms with Crippen molar-refractivity contribution in [1.29, 1.82) is 0 Å². The van der Waals surface area contributed by atoms with Crippen LogP contribution in [0.2, 0.25) is 0 Å². The van der Waals surface area contributed by atoms with Crippen molar-refractivity contribution in [3.8, 4) is 0 Å². The fourth-order valence-corrected chi connectivity index (χ4v) is 4.95. The predicted molar refractivity (Wildman–Crippen MR) is 129 cm³/mol. The summed E-state index contributed by atoms with van der Waals surface area (Å²) in [7, 11) is 0. The van der Waals surface area contributed by atoms with Crippen molar-refractivity contribution in [2.75, 3.05) is 39.4 Å². The molecule has 0 radical (unpaired) electrons. The van der Waals surface area contributed by atoms with E-state index in [1.165, 1.54) is 30.4 Å². The second-order valence-electron chi connectivity index (χ2n) is 9.04. The molecule has 1 aliphatic carbocycles. The van der Waals surface area contributed by atoms with Gasteiger partial charge in [0.25, 0.3) is 0 Å². The van der Waals surface area contributed by atoms with Crippen LogP contribution >= 0.6 is 0 Å². The molecule has 6 nitrogen and oxygen atoms in total. The minimum Gasteiger partial charge on any atom is -0.362 e. The number of piperazine rings is 1. The molecule has 0 unspecified atom stereocenters. The van der Waals surface area contributed by atoms with Crippen LogP contribution in [0, 0.1) is 0 Å². The van der Waals surface area contributed by atoms with Gasteiger partial charge in [-0.1, -0.05) is 79.9 Å². The zero-order valence-corrected chi connectivity index (χ0v) is 19.3. The summed E-state index contributed by atoms with van der Waals surface area (Å²) in [6, 6.07) is 21.5. The quantitative estimate of drug-likeness (QED) is 0.671. The van der Waals surface area contributed by atoms with E-state index in [-0.39, 0.29) is 37.1 Å². The van der Waals surface area contributed by atoms with E-state index in [1.807, 2.05) is 17.0 Å². The first kappa shape index (κ1) is 23.5. The minimum absolute atomic E-state index is 0.0428. The molecule has 33 heavy (non-hydrogen) atoms. The van der Waals surface area contributed by atoms with Crippen molar-refractivity contribution in [2.45, 2.75) is 44.2 Å². The molecular weight excluding hydrogens is 414 g/mol. The fraction of sp³-hybridized carbons (Fsp3) is 0.481. The van der Waals surface area contributed by atoms with Crippen LogP contribution < -0.4 is 5.32 Å². The van der Waals surface area contributed by atoms with Crippen molar-refractivity contribution < 1.29 is 14.3 Å². The highest BCUT2D eigenvalue weighted by molar-refractivity contribution is 5.80. The van der Waals surface area contributed by atoms with Gasteiger partial charge in [0.15, 0.2) is 0 Å². The van der Waals surface area contributed by atoms with E-state index in [2.05, 4.69) is 58.7 Å². The van der Waals surface area contributed by atoms with Crippen molar-refractivity contribution in [3.05, 3.63) is 71.8 Å². The monoisotopic (exact) mass is 449 g/mol. The molecule has 2 aromatic rings. The smallest absolute Gasteiger partial charge is 0.248 e. The van der Waals surface area contributed by atoms with E-state index >= 15 is 0 Å². The first-order valence-corrected chi connectivity index (χ1v) is 12.2. The Morgan fingerprint density at radius 2 is 1.39 bits per heavy atom. The molecule has 1 heterocycles. The van der Waals surface area contributed by atoms with E-state index in [1.54, 1.807) is 0 Å². The number of nitrogens with one attached hydrogen (secondary N) is 1. The Morgan fingerprint density at radius 3 is 1.97 bits per heavy atom. The molecule has 6 heteroatoms. The second kappa shape index (κ2) is 12.0. The summed E-state index contributed by atoms with van der Waals surface area (Å²) in [6.45, 7) is 2.81. The molecule has 4 rings (SSSR count). The Bertz CT molecular complexity index is 836. The topological polar surface area (TPSA) is 61.9 Å². The average Bonchev–Trinajstić information content (AvgIpc) is 2.86. The molecule has 1 saturated heterocycles. The van der Waals surface area contributed by atoms with Crippen molar-refractivity contribution in [3.63, 3.8) is 0 Å². The maximum Gasteiger partial charge on any atom is 0.248 e. The Hall–Kier alpha value is -2.70. The maximum absolute atomic E-state index is 12.6. The summed E-state index contributed by atoms with van der Waals surface area (Å²) in [5.74, 6) is -0.163. The molecule has 2 aromatic carbocycles. The van der Waals surface area contributed by atoms with Gasteiger partial charge in [0, 0.05) is 32.2 Å².